The van der Waals surface area contributed by atoms with E-state index in [1.807, 2.05) is 18.2 Å². The number of fused-ring (bicyclic) bond motifs is 1. The molecule has 0 aliphatic carbocycles. The Morgan fingerprint density at radius 3 is 2.62 bits per heavy atom. The fraction of sp³-hybridized carbons (Fsp3) is 0.222. The molecule has 21 heavy (non-hydrogen) atoms. The van der Waals surface area contributed by atoms with E-state index >= 15 is 0 Å². The predicted molar refractivity (Wildman–Crippen MR) is 90.0 cm³/mol. The second-order valence-corrected chi connectivity index (χ2v) is 5.77. The molecule has 2 nitrogen and oxygen atoms in total. The molecule has 1 heterocycles. The molecule has 1 aromatic heterocycles. The van der Waals surface area contributed by atoms with Crippen molar-refractivity contribution >= 4 is 22.7 Å². The maximum absolute atomic E-state index is 6.06. The lowest BCUT2D eigenvalue weighted by Gasteiger charge is -2.18. The normalized spacial score (nSPS) is 12.7. The van der Waals surface area contributed by atoms with E-state index in [1.54, 1.807) is 11.8 Å². The van der Waals surface area contributed by atoms with Gasteiger partial charge in [-0.2, -0.15) is 0 Å². The van der Waals surface area contributed by atoms with Crippen molar-refractivity contribution in [1.82, 2.24) is 5.32 Å². The van der Waals surface area contributed by atoms with Crippen LogP contribution in [0.15, 0.2) is 63.9 Å². The van der Waals surface area contributed by atoms with Crippen LogP contribution in [0.1, 0.15) is 24.3 Å². The third kappa shape index (κ3) is 2.85. The molecule has 0 spiro atoms. The van der Waals surface area contributed by atoms with Gasteiger partial charge in [0.25, 0.3) is 0 Å². The fourth-order valence-electron chi connectivity index (χ4n) is 2.62. The van der Waals surface area contributed by atoms with Gasteiger partial charge < -0.3 is 9.73 Å². The van der Waals surface area contributed by atoms with E-state index in [9.17, 15) is 0 Å². The molecule has 3 rings (SSSR count). The Bertz CT molecular complexity index is 702. The number of benzene rings is 2. The molecule has 0 saturated heterocycles. The maximum atomic E-state index is 6.06. The van der Waals surface area contributed by atoms with Crippen LogP contribution in [0.3, 0.4) is 0 Å². The first-order valence-corrected chi connectivity index (χ1v) is 8.40. The third-order valence-electron chi connectivity index (χ3n) is 3.59. The summed E-state index contributed by atoms with van der Waals surface area (Å²) in [5.74, 6) is 0.972. The molecule has 0 radical (unpaired) electrons. The number of hydrogen-bond donors (Lipinski definition) is 1. The quantitative estimate of drug-likeness (QED) is 0.681. The lowest BCUT2D eigenvalue weighted by atomic mass is 10.0. The third-order valence-corrected chi connectivity index (χ3v) is 4.40. The topological polar surface area (TPSA) is 25.2 Å². The summed E-state index contributed by atoms with van der Waals surface area (Å²) in [4.78, 5) is 1.28. The Kier molecular flexibility index (Phi) is 4.32. The van der Waals surface area contributed by atoms with Crippen LogP contribution in [-0.4, -0.2) is 12.8 Å². The van der Waals surface area contributed by atoms with Crippen molar-refractivity contribution < 1.29 is 4.42 Å². The molecular formula is C18H19NOS. The molecule has 0 fully saturated rings. The molecule has 0 aliphatic heterocycles. The summed E-state index contributed by atoms with van der Waals surface area (Å²) in [6.07, 6.45) is 2.11. The van der Waals surface area contributed by atoms with Gasteiger partial charge in [-0.15, -0.1) is 11.8 Å². The van der Waals surface area contributed by atoms with Crippen LogP contribution in [0.5, 0.6) is 0 Å². The summed E-state index contributed by atoms with van der Waals surface area (Å²) in [6.45, 7) is 3.02. The zero-order valence-electron chi connectivity index (χ0n) is 12.3. The second-order valence-electron chi connectivity index (χ2n) is 4.92. The minimum atomic E-state index is 0.0889. The van der Waals surface area contributed by atoms with Crippen LogP contribution in [0.25, 0.3) is 11.0 Å². The highest BCUT2D eigenvalue weighted by Gasteiger charge is 2.20. The number of furan rings is 1. The van der Waals surface area contributed by atoms with Crippen LogP contribution >= 0.6 is 11.8 Å². The monoisotopic (exact) mass is 297 g/mol. The molecule has 0 aliphatic rings. The first-order valence-electron chi connectivity index (χ1n) is 7.18. The smallest absolute Gasteiger partial charge is 0.134 e. The molecule has 0 saturated carbocycles. The van der Waals surface area contributed by atoms with Gasteiger partial charge in [-0.3, -0.25) is 0 Å². The van der Waals surface area contributed by atoms with E-state index in [4.69, 9.17) is 4.42 Å². The summed E-state index contributed by atoms with van der Waals surface area (Å²) in [7, 11) is 0. The lowest BCUT2D eigenvalue weighted by molar-refractivity contribution is 0.474. The largest absolute Gasteiger partial charge is 0.459 e. The summed E-state index contributed by atoms with van der Waals surface area (Å²) in [5, 5.41) is 4.69. The van der Waals surface area contributed by atoms with Gasteiger partial charge in [-0.25, -0.2) is 0 Å². The molecule has 0 bridgehead atoms. The molecule has 1 unspecified atom stereocenters. The molecule has 3 aromatic rings. The average molecular weight is 297 g/mol. The SMILES string of the molecule is CCNC(c1cc2ccccc2o1)c1ccccc1SC. The summed E-state index contributed by atoms with van der Waals surface area (Å²) < 4.78 is 6.06. The number of thioether (sulfide) groups is 1. The van der Waals surface area contributed by atoms with Gasteiger partial charge in [0.05, 0.1) is 6.04 Å². The number of rotatable bonds is 5. The highest BCUT2D eigenvalue weighted by Crippen LogP contribution is 2.33. The van der Waals surface area contributed by atoms with Crippen LogP contribution in [0.4, 0.5) is 0 Å². The summed E-state index contributed by atoms with van der Waals surface area (Å²) in [5.41, 5.74) is 2.21. The first-order chi connectivity index (χ1) is 10.3. The first kappa shape index (κ1) is 14.2. The summed E-state index contributed by atoms with van der Waals surface area (Å²) in [6, 6.07) is 18.9. The predicted octanol–water partition coefficient (Wildman–Crippen LogP) is 4.85. The van der Waals surface area contributed by atoms with E-state index in [2.05, 4.69) is 54.9 Å². The van der Waals surface area contributed by atoms with Crippen molar-refractivity contribution in [2.24, 2.45) is 0 Å². The molecule has 1 N–H and O–H groups in total. The van der Waals surface area contributed by atoms with E-state index < -0.39 is 0 Å². The Morgan fingerprint density at radius 2 is 1.86 bits per heavy atom. The van der Waals surface area contributed by atoms with E-state index in [-0.39, 0.29) is 6.04 Å². The molecule has 1 atom stereocenters. The van der Waals surface area contributed by atoms with Gasteiger partial charge in [0.15, 0.2) is 0 Å². The number of nitrogens with one attached hydrogen (secondary N) is 1. The molecule has 3 heteroatoms. The van der Waals surface area contributed by atoms with Crippen LogP contribution in [0, 0.1) is 0 Å². The Balaban J connectivity index is 2.08. The maximum Gasteiger partial charge on any atom is 0.134 e. The molecule has 2 aromatic carbocycles. The average Bonchev–Trinajstić information content (AvgIpc) is 2.96. The second kappa shape index (κ2) is 6.37. The van der Waals surface area contributed by atoms with Crippen molar-refractivity contribution in [3.05, 3.63) is 65.9 Å². The van der Waals surface area contributed by atoms with E-state index in [0.717, 1.165) is 23.3 Å². The molecule has 0 amide bonds. The number of hydrogen-bond acceptors (Lipinski definition) is 3. The van der Waals surface area contributed by atoms with E-state index in [0.29, 0.717) is 0 Å². The van der Waals surface area contributed by atoms with Crippen LogP contribution in [0.2, 0.25) is 0 Å². The van der Waals surface area contributed by atoms with Crippen molar-refractivity contribution in [3.8, 4) is 0 Å². The zero-order valence-corrected chi connectivity index (χ0v) is 13.1. The minimum Gasteiger partial charge on any atom is -0.459 e. The van der Waals surface area contributed by atoms with Gasteiger partial charge >= 0.3 is 0 Å². The van der Waals surface area contributed by atoms with Gasteiger partial charge in [0, 0.05) is 10.3 Å². The van der Waals surface area contributed by atoms with Gasteiger partial charge in [0.1, 0.15) is 11.3 Å². The standard InChI is InChI=1S/C18H19NOS/c1-3-19-18(14-9-5-7-11-17(14)21-2)16-12-13-8-4-6-10-15(13)20-16/h4-12,18-19H,3H2,1-2H3. The van der Waals surface area contributed by atoms with Crippen molar-refractivity contribution in [1.29, 1.82) is 0 Å². The van der Waals surface area contributed by atoms with Crippen LogP contribution < -0.4 is 5.32 Å². The van der Waals surface area contributed by atoms with Crippen molar-refractivity contribution in [2.75, 3.05) is 12.8 Å². The fourth-order valence-corrected chi connectivity index (χ4v) is 3.25. The van der Waals surface area contributed by atoms with Gasteiger partial charge in [-0.1, -0.05) is 43.3 Å². The van der Waals surface area contributed by atoms with Gasteiger partial charge in [-0.05, 0) is 36.6 Å². The van der Waals surface area contributed by atoms with Crippen LogP contribution in [-0.2, 0) is 0 Å². The summed E-state index contributed by atoms with van der Waals surface area (Å²) >= 11 is 1.77. The lowest BCUT2D eigenvalue weighted by Crippen LogP contribution is -2.22. The molecule has 108 valence electrons. The zero-order chi connectivity index (χ0) is 14.7. The minimum absolute atomic E-state index is 0.0889. The Labute approximate surface area is 129 Å². The highest BCUT2D eigenvalue weighted by molar-refractivity contribution is 7.98. The Morgan fingerprint density at radius 1 is 1.10 bits per heavy atom. The highest BCUT2D eigenvalue weighted by atomic mass is 32.2. The van der Waals surface area contributed by atoms with Crippen molar-refractivity contribution in [3.63, 3.8) is 0 Å². The molecular weight excluding hydrogens is 278 g/mol. The van der Waals surface area contributed by atoms with Gasteiger partial charge in [0.2, 0.25) is 0 Å². The Hall–Kier alpha value is -1.71. The number of para-hydroxylation sites is 1. The van der Waals surface area contributed by atoms with Crippen molar-refractivity contribution in [2.45, 2.75) is 17.9 Å². The van der Waals surface area contributed by atoms with E-state index in [1.165, 1.54) is 10.5 Å².